The molecule has 4 atom stereocenters. The molecule has 22 heavy (non-hydrogen) atoms. The van der Waals surface area contributed by atoms with E-state index in [1.165, 1.54) is 6.33 Å². The number of nitrogens with one attached hydrogen (secondary N) is 1. The number of nitrogen functional groups attached to an aromatic ring is 1. The molecule has 1 aliphatic heterocycles. The molecule has 1 saturated heterocycles. The van der Waals surface area contributed by atoms with Gasteiger partial charge < -0.3 is 20.7 Å². The predicted molar refractivity (Wildman–Crippen MR) is 77.9 cm³/mol. The lowest BCUT2D eigenvalue weighted by atomic mass is 9.83. The van der Waals surface area contributed by atoms with E-state index in [4.69, 9.17) is 10.5 Å². The maximum atomic E-state index is 11.8. The topological polar surface area (TPSA) is 139 Å². The van der Waals surface area contributed by atoms with Crippen molar-refractivity contribution in [2.24, 2.45) is 5.41 Å². The van der Waals surface area contributed by atoms with Gasteiger partial charge in [0.2, 0.25) is 5.95 Å². The second-order valence-corrected chi connectivity index (χ2v) is 6.24. The third-order valence-electron chi connectivity index (χ3n) is 4.17. The number of fused-ring (bicyclic) bond motifs is 1. The smallest absolute Gasteiger partial charge is 0.280 e. The Kier molecular flexibility index (Phi) is 3.24. The molecule has 5 N–H and O–H groups in total. The van der Waals surface area contributed by atoms with Gasteiger partial charge in [-0.3, -0.25) is 14.3 Å². The predicted octanol–water partition coefficient (Wildman–Crippen LogP) is -0.633. The first-order valence-electron chi connectivity index (χ1n) is 6.97. The van der Waals surface area contributed by atoms with E-state index in [1.54, 1.807) is 11.5 Å². The summed E-state index contributed by atoms with van der Waals surface area (Å²) in [6.45, 7) is 5.18. The largest absolute Gasteiger partial charge is 0.391 e. The molecule has 0 amide bonds. The van der Waals surface area contributed by atoms with Crippen molar-refractivity contribution in [3.63, 3.8) is 0 Å². The van der Waals surface area contributed by atoms with E-state index < -0.39 is 35.5 Å². The van der Waals surface area contributed by atoms with Crippen LogP contribution in [0.4, 0.5) is 5.95 Å². The Hall–Kier alpha value is -1.97. The summed E-state index contributed by atoms with van der Waals surface area (Å²) in [5, 5.41) is 20.2. The van der Waals surface area contributed by atoms with Gasteiger partial charge in [-0.05, 0) is 6.92 Å². The number of rotatable bonds is 2. The van der Waals surface area contributed by atoms with Crippen LogP contribution in [0.5, 0.6) is 0 Å². The highest BCUT2D eigenvalue weighted by molar-refractivity contribution is 5.70. The van der Waals surface area contributed by atoms with Crippen molar-refractivity contribution >= 4 is 17.1 Å². The maximum absolute atomic E-state index is 11.8. The van der Waals surface area contributed by atoms with Crippen molar-refractivity contribution in [3.05, 3.63) is 16.7 Å². The molecule has 1 fully saturated rings. The van der Waals surface area contributed by atoms with Crippen molar-refractivity contribution in [1.82, 2.24) is 19.5 Å². The Labute approximate surface area is 125 Å². The van der Waals surface area contributed by atoms with Gasteiger partial charge >= 0.3 is 0 Å². The first-order valence-corrected chi connectivity index (χ1v) is 6.97. The van der Waals surface area contributed by atoms with Crippen LogP contribution in [0.1, 0.15) is 27.0 Å². The number of hydrogen-bond acceptors (Lipinski definition) is 7. The molecule has 0 aliphatic carbocycles. The number of aromatic amines is 1. The average Bonchev–Trinajstić information content (AvgIpc) is 2.91. The Balaban J connectivity index is 2.13. The van der Waals surface area contributed by atoms with Crippen LogP contribution in [0.3, 0.4) is 0 Å². The van der Waals surface area contributed by atoms with Crippen molar-refractivity contribution in [1.29, 1.82) is 0 Å². The number of aliphatic hydroxyl groups is 2. The summed E-state index contributed by atoms with van der Waals surface area (Å²) in [5.41, 5.74) is 4.85. The summed E-state index contributed by atoms with van der Waals surface area (Å²) in [6.07, 6.45) is -1.67. The summed E-state index contributed by atoms with van der Waals surface area (Å²) in [6, 6.07) is 0. The van der Waals surface area contributed by atoms with Gasteiger partial charge in [-0.15, -0.1) is 0 Å². The monoisotopic (exact) mass is 309 g/mol. The zero-order valence-corrected chi connectivity index (χ0v) is 12.5. The molecule has 9 heteroatoms. The minimum atomic E-state index is -0.880. The lowest BCUT2D eigenvalue weighted by Gasteiger charge is -2.28. The standard InChI is InChI=1S/C13H19N5O4/c1-5(19)7-8(20)13(2,3)11(22-7)18-4-15-6-9(18)16-12(14)17-10(6)21/h4-5,7-8,11,19-20H,1-3H3,(H3,14,16,17,21). The van der Waals surface area contributed by atoms with E-state index in [-0.39, 0.29) is 17.1 Å². The minimum absolute atomic E-state index is 0.0253. The van der Waals surface area contributed by atoms with Gasteiger partial charge in [0.05, 0.1) is 18.5 Å². The summed E-state index contributed by atoms with van der Waals surface area (Å²) < 4.78 is 7.37. The van der Waals surface area contributed by atoms with Crippen LogP contribution in [0, 0.1) is 5.41 Å². The number of aromatic nitrogens is 4. The second kappa shape index (κ2) is 4.77. The molecular formula is C13H19N5O4. The van der Waals surface area contributed by atoms with E-state index in [2.05, 4.69) is 15.0 Å². The molecule has 0 saturated carbocycles. The number of anilines is 1. The van der Waals surface area contributed by atoms with Crippen LogP contribution >= 0.6 is 0 Å². The van der Waals surface area contributed by atoms with Crippen molar-refractivity contribution in [2.75, 3.05) is 5.73 Å². The second-order valence-electron chi connectivity index (χ2n) is 6.24. The average molecular weight is 309 g/mol. The Morgan fingerprint density at radius 3 is 2.82 bits per heavy atom. The summed E-state index contributed by atoms with van der Waals surface area (Å²) in [4.78, 5) is 22.4. The van der Waals surface area contributed by atoms with Gasteiger partial charge in [-0.1, -0.05) is 13.8 Å². The first kappa shape index (κ1) is 14.9. The van der Waals surface area contributed by atoms with E-state index >= 15 is 0 Å². The molecule has 3 rings (SSSR count). The van der Waals surface area contributed by atoms with Crippen LogP contribution < -0.4 is 11.3 Å². The van der Waals surface area contributed by atoms with Gasteiger partial charge in [0, 0.05) is 5.41 Å². The van der Waals surface area contributed by atoms with E-state index in [1.807, 2.05) is 13.8 Å². The fraction of sp³-hybridized carbons (Fsp3) is 0.615. The summed E-state index contributed by atoms with van der Waals surface area (Å²) in [5.74, 6) is -0.0253. The molecule has 9 nitrogen and oxygen atoms in total. The lowest BCUT2D eigenvalue weighted by molar-refractivity contribution is -0.0774. The molecule has 0 aromatic carbocycles. The fourth-order valence-corrected chi connectivity index (χ4v) is 2.88. The molecule has 0 bridgehead atoms. The molecule has 3 heterocycles. The Morgan fingerprint density at radius 1 is 1.55 bits per heavy atom. The molecular weight excluding hydrogens is 290 g/mol. The van der Waals surface area contributed by atoms with Crippen LogP contribution in [0.25, 0.3) is 11.2 Å². The number of nitrogens with zero attached hydrogens (tertiary/aromatic N) is 3. The lowest BCUT2D eigenvalue weighted by Crippen LogP contribution is -2.38. The van der Waals surface area contributed by atoms with Gasteiger partial charge in [0.1, 0.15) is 12.3 Å². The number of H-pyrrole nitrogens is 1. The molecule has 1 aliphatic rings. The van der Waals surface area contributed by atoms with Crippen LogP contribution in [0.2, 0.25) is 0 Å². The first-order chi connectivity index (χ1) is 10.2. The van der Waals surface area contributed by atoms with Crippen LogP contribution in [-0.2, 0) is 4.74 Å². The van der Waals surface area contributed by atoms with Gasteiger partial charge in [0.15, 0.2) is 11.2 Å². The van der Waals surface area contributed by atoms with Gasteiger partial charge in [-0.25, -0.2) is 4.98 Å². The quantitative estimate of drug-likeness (QED) is 0.579. The maximum Gasteiger partial charge on any atom is 0.280 e. The molecule has 0 radical (unpaired) electrons. The van der Waals surface area contributed by atoms with E-state index in [0.29, 0.717) is 0 Å². The molecule has 2 aromatic rings. The third kappa shape index (κ3) is 2.01. The zero-order valence-electron chi connectivity index (χ0n) is 12.5. The summed E-state index contributed by atoms with van der Waals surface area (Å²) >= 11 is 0. The minimum Gasteiger partial charge on any atom is -0.391 e. The summed E-state index contributed by atoms with van der Waals surface area (Å²) in [7, 11) is 0. The number of ether oxygens (including phenoxy) is 1. The number of imidazole rings is 1. The van der Waals surface area contributed by atoms with E-state index in [0.717, 1.165) is 0 Å². The van der Waals surface area contributed by atoms with Gasteiger partial charge in [0.25, 0.3) is 5.56 Å². The normalized spacial score (nSPS) is 29.0. The van der Waals surface area contributed by atoms with Gasteiger partial charge in [-0.2, -0.15) is 4.98 Å². The van der Waals surface area contributed by atoms with Crippen molar-refractivity contribution in [2.45, 2.75) is 45.3 Å². The Morgan fingerprint density at radius 2 is 2.23 bits per heavy atom. The SMILES string of the molecule is CC(O)C1OC(n2cnc3c(=O)[nH]c(N)nc32)C(C)(C)C1O. The van der Waals surface area contributed by atoms with E-state index in [9.17, 15) is 15.0 Å². The zero-order chi connectivity index (χ0) is 16.2. The van der Waals surface area contributed by atoms with Crippen LogP contribution in [0.15, 0.2) is 11.1 Å². The third-order valence-corrected chi connectivity index (χ3v) is 4.17. The van der Waals surface area contributed by atoms with Crippen LogP contribution in [-0.4, -0.2) is 48.0 Å². The Bertz CT molecular complexity index is 765. The van der Waals surface area contributed by atoms with Crippen molar-refractivity contribution < 1.29 is 14.9 Å². The number of nitrogens with two attached hydrogens (primary N) is 1. The molecule has 4 unspecified atom stereocenters. The number of hydrogen-bond donors (Lipinski definition) is 4. The molecule has 0 spiro atoms. The fourth-order valence-electron chi connectivity index (χ4n) is 2.88. The highest BCUT2D eigenvalue weighted by Gasteiger charge is 2.52. The highest BCUT2D eigenvalue weighted by atomic mass is 16.5. The number of aliphatic hydroxyl groups excluding tert-OH is 2. The highest BCUT2D eigenvalue weighted by Crippen LogP contribution is 2.46. The molecule has 2 aromatic heterocycles. The van der Waals surface area contributed by atoms with Crippen molar-refractivity contribution in [3.8, 4) is 0 Å². The molecule has 120 valence electrons.